The number of hydrogen-bond acceptors (Lipinski definition) is 4. The van der Waals surface area contributed by atoms with Crippen molar-refractivity contribution < 1.29 is 8.42 Å². The van der Waals surface area contributed by atoms with E-state index >= 15 is 0 Å². The van der Waals surface area contributed by atoms with Crippen LogP contribution in [0.5, 0.6) is 0 Å². The van der Waals surface area contributed by atoms with E-state index in [9.17, 15) is 8.42 Å². The zero-order chi connectivity index (χ0) is 14.3. The van der Waals surface area contributed by atoms with Crippen molar-refractivity contribution in [2.24, 2.45) is 5.92 Å². The Morgan fingerprint density at radius 3 is 2.75 bits per heavy atom. The summed E-state index contributed by atoms with van der Waals surface area (Å²) >= 11 is 0. The second kappa shape index (κ2) is 4.75. The number of fused-ring (bicyclic) bond motifs is 1. The largest absolute Gasteiger partial charge is 0.371 e. The van der Waals surface area contributed by atoms with E-state index in [0.29, 0.717) is 17.4 Å². The van der Waals surface area contributed by atoms with Crippen molar-refractivity contribution in [1.82, 2.24) is 14.1 Å². The first kappa shape index (κ1) is 13.4. The van der Waals surface area contributed by atoms with Crippen LogP contribution in [-0.2, 0) is 10.0 Å². The summed E-state index contributed by atoms with van der Waals surface area (Å²) in [5.41, 5.74) is 0.610. The van der Waals surface area contributed by atoms with E-state index in [4.69, 9.17) is 0 Å². The van der Waals surface area contributed by atoms with Gasteiger partial charge in [-0.1, -0.05) is 13.0 Å². The van der Waals surface area contributed by atoms with Crippen LogP contribution in [-0.4, -0.2) is 30.9 Å². The molecule has 0 atom stereocenters. The van der Waals surface area contributed by atoms with E-state index < -0.39 is 10.0 Å². The molecule has 0 radical (unpaired) electrons. The van der Waals surface area contributed by atoms with E-state index in [1.54, 1.807) is 29.8 Å². The fourth-order valence-corrected chi connectivity index (χ4v) is 4.23. The van der Waals surface area contributed by atoms with Gasteiger partial charge in [0.05, 0.1) is 0 Å². The van der Waals surface area contributed by atoms with Crippen molar-refractivity contribution in [3.63, 3.8) is 0 Å². The van der Waals surface area contributed by atoms with Crippen LogP contribution in [0.4, 0.5) is 5.82 Å². The summed E-state index contributed by atoms with van der Waals surface area (Å²) in [5.74, 6) is 0.963. The molecule has 0 bridgehead atoms. The maximum atomic E-state index is 12.6. The molecular weight excluding hydrogens is 276 g/mol. The average molecular weight is 294 g/mol. The summed E-state index contributed by atoms with van der Waals surface area (Å²) in [6.45, 7) is 2.12. The van der Waals surface area contributed by atoms with Crippen LogP contribution in [0.2, 0.25) is 0 Å². The van der Waals surface area contributed by atoms with Crippen LogP contribution in [0, 0.1) is 5.92 Å². The van der Waals surface area contributed by atoms with E-state index in [-0.39, 0.29) is 11.1 Å². The molecule has 6 nitrogen and oxygen atoms in total. The zero-order valence-corrected chi connectivity index (χ0v) is 12.3. The highest BCUT2D eigenvalue weighted by Crippen LogP contribution is 2.29. The lowest BCUT2D eigenvalue weighted by atomic mass is 9.83. The third kappa shape index (κ3) is 2.16. The Kier molecular flexibility index (Phi) is 3.18. The average Bonchev–Trinajstić information content (AvgIpc) is 2.75. The highest BCUT2D eigenvalue weighted by atomic mass is 32.2. The summed E-state index contributed by atoms with van der Waals surface area (Å²) < 4.78 is 29.5. The van der Waals surface area contributed by atoms with Crippen molar-refractivity contribution in [3.05, 3.63) is 24.4 Å². The summed E-state index contributed by atoms with van der Waals surface area (Å²) in [6.07, 6.45) is 3.50. The fraction of sp³-hybridized carbons (Fsp3) is 0.462. The summed E-state index contributed by atoms with van der Waals surface area (Å²) in [5, 5.41) is 3.03. The van der Waals surface area contributed by atoms with Gasteiger partial charge >= 0.3 is 0 Å². The molecule has 0 aromatic carbocycles. The molecule has 2 aromatic heterocycles. The van der Waals surface area contributed by atoms with Crippen LogP contribution in [0.3, 0.4) is 0 Å². The number of rotatable bonds is 4. The second-order valence-corrected chi connectivity index (χ2v) is 6.97. The van der Waals surface area contributed by atoms with Gasteiger partial charge in [-0.15, -0.1) is 0 Å². The van der Waals surface area contributed by atoms with E-state index in [0.717, 1.165) is 12.8 Å². The first-order chi connectivity index (χ1) is 9.51. The molecule has 1 fully saturated rings. The topological polar surface area (TPSA) is 75.5 Å². The summed E-state index contributed by atoms with van der Waals surface area (Å²) in [4.78, 5) is 4.30. The number of anilines is 1. The van der Waals surface area contributed by atoms with E-state index in [1.165, 1.54) is 0 Å². The molecule has 108 valence electrons. The Morgan fingerprint density at radius 1 is 1.35 bits per heavy atom. The molecule has 20 heavy (non-hydrogen) atoms. The van der Waals surface area contributed by atoms with Crippen molar-refractivity contribution >= 4 is 21.5 Å². The molecule has 0 aliphatic heterocycles. The highest BCUT2D eigenvalue weighted by Gasteiger charge is 2.32. The standard InChI is InChI=1S/C13H18N4O2S/c1-9-7-10(8-9)16-20(18,19)13-12(14-2)15-11-5-3-4-6-17(11)13/h3-6,9-10,14,16H,7-8H2,1-2H3. The van der Waals surface area contributed by atoms with Gasteiger partial charge in [0.15, 0.2) is 10.8 Å². The van der Waals surface area contributed by atoms with Gasteiger partial charge in [0.1, 0.15) is 5.65 Å². The molecule has 2 N–H and O–H groups in total. The first-order valence-electron chi connectivity index (χ1n) is 6.68. The van der Waals surface area contributed by atoms with Crippen molar-refractivity contribution in [3.8, 4) is 0 Å². The fourth-order valence-electron chi connectivity index (χ4n) is 2.67. The molecule has 2 aromatic rings. The van der Waals surface area contributed by atoms with Crippen molar-refractivity contribution in [2.75, 3.05) is 12.4 Å². The molecule has 0 unspecified atom stereocenters. The van der Waals surface area contributed by atoms with Crippen molar-refractivity contribution in [1.29, 1.82) is 0 Å². The number of pyridine rings is 1. The monoisotopic (exact) mass is 294 g/mol. The van der Waals surface area contributed by atoms with Crippen LogP contribution in [0.1, 0.15) is 19.8 Å². The Bertz CT molecular complexity index is 732. The Labute approximate surface area is 118 Å². The number of aromatic nitrogens is 2. The quantitative estimate of drug-likeness (QED) is 0.895. The molecule has 1 aliphatic rings. The Hall–Kier alpha value is -1.60. The number of imidazole rings is 1. The molecule has 0 spiro atoms. The number of nitrogens with one attached hydrogen (secondary N) is 2. The molecule has 2 heterocycles. The maximum absolute atomic E-state index is 12.6. The van der Waals surface area contributed by atoms with Crippen molar-refractivity contribution in [2.45, 2.75) is 30.8 Å². The van der Waals surface area contributed by atoms with Gasteiger partial charge in [-0.2, -0.15) is 0 Å². The number of nitrogens with zero attached hydrogens (tertiary/aromatic N) is 2. The molecule has 1 aliphatic carbocycles. The zero-order valence-electron chi connectivity index (χ0n) is 11.5. The first-order valence-corrected chi connectivity index (χ1v) is 8.17. The maximum Gasteiger partial charge on any atom is 0.260 e. The molecule has 7 heteroatoms. The summed E-state index contributed by atoms with van der Waals surface area (Å²) in [6, 6.07) is 5.44. The van der Waals surface area contributed by atoms with Crippen LogP contribution < -0.4 is 10.0 Å². The van der Waals surface area contributed by atoms with E-state index in [2.05, 4.69) is 21.9 Å². The molecule has 0 amide bonds. The molecular formula is C13H18N4O2S. The lowest BCUT2D eigenvalue weighted by molar-refractivity contribution is 0.270. The number of hydrogen-bond donors (Lipinski definition) is 2. The van der Waals surface area contributed by atoms with Crippen LogP contribution >= 0.6 is 0 Å². The van der Waals surface area contributed by atoms with Gasteiger partial charge < -0.3 is 5.32 Å². The smallest absolute Gasteiger partial charge is 0.260 e. The lowest BCUT2D eigenvalue weighted by Gasteiger charge is -2.32. The number of sulfonamides is 1. The van der Waals surface area contributed by atoms with Gasteiger partial charge in [0.2, 0.25) is 0 Å². The third-order valence-electron chi connectivity index (χ3n) is 3.67. The molecule has 0 saturated heterocycles. The predicted octanol–water partition coefficient (Wildman–Crippen LogP) is 1.45. The Balaban J connectivity index is 2.03. The normalized spacial score (nSPS) is 22.7. The second-order valence-electron chi connectivity index (χ2n) is 5.34. The third-order valence-corrected chi connectivity index (χ3v) is 5.22. The van der Waals surface area contributed by atoms with Crippen LogP contribution in [0.15, 0.2) is 29.4 Å². The highest BCUT2D eigenvalue weighted by molar-refractivity contribution is 7.89. The van der Waals surface area contributed by atoms with Gasteiger partial charge in [-0.3, -0.25) is 4.40 Å². The summed E-state index contributed by atoms with van der Waals surface area (Å²) in [7, 11) is -1.91. The predicted molar refractivity (Wildman–Crippen MR) is 77.2 cm³/mol. The molecule has 1 saturated carbocycles. The SMILES string of the molecule is CNc1nc2ccccn2c1S(=O)(=O)NC1CC(C)C1. The Morgan fingerprint density at radius 2 is 2.10 bits per heavy atom. The van der Waals surface area contributed by atoms with Gasteiger partial charge in [-0.05, 0) is 30.9 Å². The van der Waals surface area contributed by atoms with Crippen LogP contribution in [0.25, 0.3) is 5.65 Å². The van der Waals surface area contributed by atoms with Gasteiger partial charge in [0, 0.05) is 19.3 Å². The molecule has 3 rings (SSSR count). The van der Waals surface area contributed by atoms with Gasteiger partial charge in [-0.25, -0.2) is 18.1 Å². The van der Waals surface area contributed by atoms with Gasteiger partial charge in [0.25, 0.3) is 10.0 Å². The minimum atomic E-state index is -3.58. The lowest BCUT2D eigenvalue weighted by Crippen LogP contribution is -2.43. The minimum Gasteiger partial charge on any atom is -0.371 e. The van der Waals surface area contributed by atoms with E-state index in [1.807, 2.05) is 6.07 Å². The minimum absolute atomic E-state index is 0.0361.